The molecule has 4 nitrogen and oxygen atoms in total. The van der Waals surface area contributed by atoms with Gasteiger partial charge in [-0.1, -0.05) is 13.0 Å². The summed E-state index contributed by atoms with van der Waals surface area (Å²) in [5, 5.41) is 3.50. The van der Waals surface area contributed by atoms with Gasteiger partial charge in [-0.3, -0.25) is 4.98 Å². The predicted octanol–water partition coefficient (Wildman–Crippen LogP) is 2.55. The Labute approximate surface area is 118 Å². The summed E-state index contributed by atoms with van der Waals surface area (Å²) in [5.41, 5.74) is 2.36. The van der Waals surface area contributed by atoms with Crippen molar-refractivity contribution in [3.63, 3.8) is 0 Å². The van der Waals surface area contributed by atoms with E-state index in [2.05, 4.69) is 29.4 Å². The molecule has 104 valence electrons. The summed E-state index contributed by atoms with van der Waals surface area (Å²) in [6.07, 6.45) is 3.63. The number of aromatic nitrogens is 1. The smallest absolute Gasteiger partial charge is 0.161 e. The van der Waals surface area contributed by atoms with Crippen LogP contribution in [0.2, 0.25) is 0 Å². The Morgan fingerprint density at radius 1 is 1.05 bits per heavy atom. The molecule has 0 fully saturated rings. The lowest BCUT2D eigenvalue weighted by atomic mass is 9.99. The molecule has 0 amide bonds. The second-order valence-corrected chi connectivity index (χ2v) is 4.67. The zero-order chi connectivity index (χ0) is 13.8. The van der Waals surface area contributed by atoms with Gasteiger partial charge in [-0.25, -0.2) is 0 Å². The number of benzene rings is 1. The molecular formula is C16H18N2O2. The fourth-order valence-corrected chi connectivity index (χ4v) is 2.43. The molecule has 1 aromatic carbocycles. The highest BCUT2D eigenvalue weighted by atomic mass is 16.6. The first-order chi connectivity index (χ1) is 9.88. The minimum Gasteiger partial charge on any atom is -0.486 e. The summed E-state index contributed by atoms with van der Waals surface area (Å²) in [7, 11) is 0. The lowest BCUT2D eigenvalue weighted by Gasteiger charge is -2.23. The second kappa shape index (κ2) is 5.92. The molecule has 2 heterocycles. The van der Waals surface area contributed by atoms with Gasteiger partial charge in [0.2, 0.25) is 0 Å². The van der Waals surface area contributed by atoms with Crippen molar-refractivity contribution in [2.24, 2.45) is 0 Å². The number of ether oxygens (including phenoxy) is 2. The summed E-state index contributed by atoms with van der Waals surface area (Å²) in [4.78, 5) is 4.08. The van der Waals surface area contributed by atoms with Crippen molar-refractivity contribution < 1.29 is 9.47 Å². The van der Waals surface area contributed by atoms with Crippen LogP contribution in [0.25, 0.3) is 0 Å². The molecule has 0 saturated heterocycles. The third-order valence-corrected chi connectivity index (χ3v) is 3.35. The van der Waals surface area contributed by atoms with Crippen molar-refractivity contribution in [3.8, 4) is 11.5 Å². The van der Waals surface area contributed by atoms with Gasteiger partial charge in [0.25, 0.3) is 0 Å². The monoisotopic (exact) mass is 270 g/mol. The third-order valence-electron chi connectivity index (χ3n) is 3.35. The first-order valence-electron chi connectivity index (χ1n) is 6.91. The SMILES string of the molecule is CCNC(c1ccncc1)c1ccc2c(c1)OCCO2. The molecule has 1 aromatic heterocycles. The largest absolute Gasteiger partial charge is 0.486 e. The number of nitrogens with one attached hydrogen (secondary N) is 1. The number of hydrogen-bond acceptors (Lipinski definition) is 4. The quantitative estimate of drug-likeness (QED) is 0.927. The third kappa shape index (κ3) is 2.60. The molecular weight excluding hydrogens is 252 g/mol. The van der Waals surface area contributed by atoms with Crippen molar-refractivity contribution >= 4 is 0 Å². The zero-order valence-corrected chi connectivity index (χ0v) is 11.5. The van der Waals surface area contributed by atoms with Crippen LogP contribution in [0.1, 0.15) is 24.1 Å². The summed E-state index contributed by atoms with van der Waals surface area (Å²) in [5.74, 6) is 1.65. The first-order valence-corrected chi connectivity index (χ1v) is 6.91. The van der Waals surface area contributed by atoms with Gasteiger partial charge in [0.05, 0.1) is 6.04 Å². The number of rotatable bonds is 4. The van der Waals surface area contributed by atoms with E-state index < -0.39 is 0 Å². The van der Waals surface area contributed by atoms with Crippen LogP contribution in [0.3, 0.4) is 0 Å². The molecule has 0 bridgehead atoms. The Bertz CT molecular complexity index is 572. The molecule has 20 heavy (non-hydrogen) atoms. The second-order valence-electron chi connectivity index (χ2n) is 4.67. The molecule has 4 heteroatoms. The van der Waals surface area contributed by atoms with E-state index in [0.717, 1.165) is 18.0 Å². The molecule has 0 spiro atoms. The van der Waals surface area contributed by atoms with Gasteiger partial charge < -0.3 is 14.8 Å². The standard InChI is InChI=1S/C16H18N2O2/c1-2-18-16(12-5-7-17-8-6-12)13-3-4-14-15(11-13)20-10-9-19-14/h3-8,11,16,18H,2,9-10H2,1H3. The number of nitrogens with zero attached hydrogens (tertiary/aromatic N) is 1. The number of hydrogen-bond donors (Lipinski definition) is 1. The summed E-state index contributed by atoms with van der Waals surface area (Å²) >= 11 is 0. The van der Waals surface area contributed by atoms with E-state index in [1.54, 1.807) is 0 Å². The van der Waals surface area contributed by atoms with Crippen molar-refractivity contribution in [2.45, 2.75) is 13.0 Å². The Kier molecular flexibility index (Phi) is 3.83. The van der Waals surface area contributed by atoms with Gasteiger partial charge in [-0.15, -0.1) is 0 Å². The molecule has 1 unspecified atom stereocenters. The minimum atomic E-state index is 0.138. The molecule has 0 aliphatic carbocycles. The Balaban J connectivity index is 1.95. The lowest BCUT2D eigenvalue weighted by Crippen LogP contribution is -2.22. The van der Waals surface area contributed by atoms with E-state index >= 15 is 0 Å². The van der Waals surface area contributed by atoms with E-state index in [1.165, 1.54) is 11.1 Å². The Morgan fingerprint density at radius 2 is 1.80 bits per heavy atom. The van der Waals surface area contributed by atoms with Crippen LogP contribution in [0.15, 0.2) is 42.7 Å². The van der Waals surface area contributed by atoms with E-state index in [4.69, 9.17) is 9.47 Å². The van der Waals surface area contributed by atoms with Gasteiger partial charge in [0.15, 0.2) is 11.5 Å². The molecule has 2 aromatic rings. The summed E-state index contributed by atoms with van der Waals surface area (Å²) < 4.78 is 11.2. The molecule has 1 aliphatic heterocycles. The molecule has 3 rings (SSSR count). The van der Waals surface area contributed by atoms with Crippen LogP contribution in [0.5, 0.6) is 11.5 Å². The van der Waals surface area contributed by atoms with Crippen LogP contribution in [-0.2, 0) is 0 Å². The van der Waals surface area contributed by atoms with Crippen LogP contribution >= 0.6 is 0 Å². The first kappa shape index (κ1) is 12.9. The molecule has 1 aliphatic rings. The highest BCUT2D eigenvalue weighted by Gasteiger charge is 2.17. The summed E-state index contributed by atoms with van der Waals surface area (Å²) in [6.45, 7) is 4.22. The van der Waals surface area contributed by atoms with Gasteiger partial charge >= 0.3 is 0 Å². The molecule has 1 N–H and O–H groups in total. The van der Waals surface area contributed by atoms with E-state index in [0.29, 0.717) is 13.2 Å². The molecule has 0 saturated carbocycles. The fourth-order valence-electron chi connectivity index (χ4n) is 2.43. The van der Waals surface area contributed by atoms with Crippen molar-refractivity contribution in [1.82, 2.24) is 10.3 Å². The van der Waals surface area contributed by atoms with Gasteiger partial charge in [-0.2, -0.15) is 0 Å². The highest BCUT2D eigenvalue weighted by molar-refractivity contribution is 5.46. The van der Waals surface area contributed by atoms with Crippen LogP contribution in [-0.4, -0.2) is 24.7 Å². The van der Waals surface area contributed by atoms with E-state index in [1.807, 2.05) is 30.6 Å². The topological polar surface area (TPSA) is 43.4 Å². The Hall–Kier alpha value is -2.07. The molecule has 0 radical (unpaired) electrons. The maximum Gasteiger partial charge on any atom is 0.161 e. The van der Waals surface area contributed by atoms with E-state index in [9.17, 15) is 0 Å². The highest BCUT2D eigenvalue weighted by Crippen LogP contribution is 2.34. The maximum absolute atomic E-state index is 5.66. The fraction of sp³-hybridized carbons (Fsp3) is 0.312. The van der Waals surface area contributed by atoms with Crippen molar-refractivity contribution in [3.05, 3.63) is 53.9 Å². The van der Waals surface area contributed by atoms with Crippen molar-refractivity contribution in [1.29, 1.82) is 0 Å². The van der Waals surface area contributed by atoms with E-state index in [-0.39, 0.29) is 6.04 Å². The van der Waals surface area contributed by atoms with Gasteiger partial charge in [0, 0.05) is 12.4 Å². The Morgan fingerprint density at radius 3 is 2.55 bits per heavy atom. The normalized spacial score (nSPS) is 14.8. The molecule has 1 atom stereocenters. The summed E-state index contributed by atoms with van der Waals surface area (Å²) in [6, 6.07) is 10.3. The lowest BCUT2D eigenvalue weighted by molar-refractivity contribution is 0.171. The van der Waals surface area contributed by atoms with Gasteiger partial charge in [-0.05, 0) is 41.9 Å². The number of fused-ring (bicyclic) bond motifs is 1. The van der Waals surface area contributed by atoms with Crippen LogP contribution in [0.4, 0.5) is 0 Å². The predicted molar refractivity (Wildman–Crippen MR) is 77.2 cm³/mol. The number of pyridine rings is 1. The average Bonchev–Trinajstić information content (AvgIpc) is 2.53. The van der Waals surface area contributed by atoms with Crippen molar-refractivity contribution in [2.75, 3.05) is 19.8 Å². The van der Waals surface area contributed by atoms with Crippen LogP contribution in [0, 0.1) is 0 Å². The zero-order valence-electron chi connectivity index (χ0n) is 11.5. The van der Waals surface area contributed by atoms with Crippen LogP contribution < -0.4 is 14.8 Å². The minimum absolute atomic E-state index is 0.138. The maximum atomic E-state index is 5.66. The average molecular weight is 270 g/mol. The van der Waals surface area contributed by atoms with Gasteiger partial charge in [0.1, 0.15) is 13.2 Å².